The van der Waals surface area contributed by atoms with Gasteiger partial charge in [0.1, 0.15) is 0 Å². The van der Waals surface area contributed by atoms with Crippen LogP contribution in [0.3, 0.4) is 0 Å². The number of aromatic nitrogens is 4. The maximum absolute atomic E-state index is 5.09. The van der Waals surface area contributed by atoms with Crippen LogP contribution in [0.5, 0.6) is 0 Å². The van der Waals surface area contributed by atoms with Crippen LogP contribution in [-0.4, -0.2) is 37.9 Å². The van der Waals surface area contributed by atoms with Crippen molar-refractivity contribution in [1.29, 1.82) is 0 Å². The lowest BCUT2D eigenvalue weighted by Crippen LogP contribution is -2.26. The minimum Gasteiger partial charge on any atom is -0.340 e. The molecule has 1 saturated heterocycles. The molecule has 0 radical (unpaired) electrons. The molecule has 0 spiro atoms. The minimum absolute atomic E-state index is 0.314. The van der Waals surface area contributed by atoms with Gasteiger partial charge in [-0.15, -0.1) is 0 Å². The Balaban J connectivity index is 1.63. The van der Waals surface area contributed by atoms with Gasteiger partial charge in [-0.2, -0.15) is 10.1 Å². The van der Waals surface area contributed by atoms with E-state index < -0.39 is 0 Å². The summed E-state index contributed by atoms with van der Waals surface area (Å²) in [5, 5.41) is 8.26. The summed E-state index contributed by atoms with van der Waals surface area (Å²) in [7, 11) is 1.95. The summed E-state index contributed by atoms with van der Waals surface area (Å²) in [6.07, 6.45) is 7.34. The van der Waals surface area contributed by atoms with Crippen LogP contribution in [0, 0.1) is 6.92 Å². The third kappa shape index (κ3) is 2.68. The maximum Gasteiger partial charge on any atom is 0.223 e. The highest BCUT2D eigenvalue weighted by Crippen LogP contribution is 2.29. The van der Waals surface area contributed by atoms with E-state index in [4.69, 9.17) is 4.52 Å². The first-order chi connectivity index (χ1) is 9.22. The quantitative estimate of drug-likeness (QED) is 0.834. The smallest absolute Gasteiger partial charge is 0.223 e. The van der Waals surface area contributed by atoms with Gasteiger partial charge in [0.15, 0.2) is 5.82 Å². The molecule has 0 amide bonds. The van der Waals surface area contributed by atoms with E-state index in [1.54, 1.807) is 0 Å². The lowest BCUT2D eigenvalue weighted by Gasteiger charge is -2.21. The SMILES string of the molecule is Cc1nc([C@@H]2CCCN2CCc2cnn(C)c2)no1. The number of rotatable bonds is 4. The molecule has 1 atom stereocenters. The van der Waals surface area contributed by atoms with Crippen molar-refractivity contribution in [2.24, 2.45) is 7.05 Å². The van der Waals surface area contributed by atoms with E-state index in [9.17, 15) is 0 Å². The molecule has 0 bridgehead atoms. The molecular formula is C13H19N5O. The van der Waals surface area contributed by atoms with Crippen LogP contribution in [0.2, 0.25) is 0 Å². The van der Waals surface area contributed by atoms with Crippen molar-refractivity contribution in [3.05, 3.63) is 29.7 Å². The van der Waals surface area contributed by atoms with E-state index in [-0.39, 0.29) is 0 Å². The van der Waals surface area contributed by atoms with Gasteiger partial charge in [0.2, 0.25) is 5.89 Å². The second-order valence-electron chi connectivity index (χ2n) is 5.14. The molecule has 0 unspecified atom stereocenters. The number of nitrogens with zero attached hydrogens (tertiary/aromatic N) is 5. The molecular weight excluding hydrogens is 242 g/mol. The van der Waals surface area contributed by atoms with Crippen LogP contribution in [0.1, 0.15) is 36.2 Å². The van der Waals surface area contributed by atoms with Crippen LogP contribution in [0.15, 0.2) is 16.9 Å². The van der Waals surface area contributed by atoms with Crippen molar-refractivity contribution in [1.82, 2.24) is 24.8 Å². The van der Waals surface area contributed by atoms with Crippen molar-refractivity contribution < 1.29 is 4.52 Å². The molecule has 1 aliphatic rings. The highest BCUT2D eigenvalue weighted by Gasteiger charge is 2.29. The van der Waals surface area contributed by atoms with E-state index in [0.29, 0.717) is 11.9 Å². The lowest BCUT2D eigenvalue weighted by molar-refractivity contribution is 0.245. The third-order valence-electron chi connectivity index (χ3n) is 3.65. The van der Waals surface area contributed by atoms with Gasteiger partial charge in [0.05, 0.1) is 12.2 Å². The Kier molecular flexibility index (Phi) is 3.33. The highest BCUT2D eigenvalue weighted by molar-refractivity contribution is 5.05. The molecule has 3 rings (SSSR count). The number of likely N-dealkylation sites (tertiary alicyclic amines) is 1. The van der Waals surface area contributed by atoms with Crippen LogP contribution in [0.4, 0.5) is 0 Å². The van der Waals surface area contributed by atoms with Crippen molar-refractivity contribution in [2.75, 3.05) is 13.1 Å². The van der Waals surface area contributed by atoms with Crippen molar-refractivity contribution in [3.63, 3.8) is 0 Å². The standard InChI is InChI=1S/C13H19N5O/c1-10-15-13(16-19-10)12-4-3-6-18(12)7-5-11-8-14-17(2)9-11/h8-9,12H,3-7H2,1-2H3/t12-/m0/s1. The first-order valence-corrected chi connectivity index (χ1v) is 6.74. The zero-order chi connectivity index (χ0) is 13.2. The Morgan fingerprint density at radius 1 is 1.47 bits per heavy atom. The normalized spacial score (nSPS) is 20.2. The largest absolute Gasteiger partial charge is 0.340 e. The second-order valence-corrected chi connectivity index (χ2v) is 5.14. The third-order valence-corrected chi connectivity index (χ3v) is 3.65. The van der Waals surface area contributed by atoms with Gasteiger partial charge in [-0.05, 0) is 31.4 Å². The molecule has 2 aromatic rings. The zero-order valence-corrected chi connectivity index (χ0v) is 11.4. The molecule has 0 saturated carbocycles. The summed E-state index contributed by atoms with van der Waals surface area (Å²) in [4.78, 5) is 6.81. The predicted octanol–water partition coefficient (Wildman–Crippen LogP) is 1.49. The average Bonchev–Trinajstić information content (AvgIpc) is 3.07. The fourth-order valence-electron chi connectivity index (χ4n) is 2.71. The van der Waals surface area contributed by atoms with Crippen LogP contribution >= 0.6 is 0 Å². The van der Waals surface area contributed by atoms with E-state index >= 15 is 0 Å². The molecule has 0 N–H and O–H groups in total. The molecule has 1 fully saturated rings. The average molecular weight is 261 g/mol. The van der Waals surface area contributed by atoms with Gasteiger partial charge >= 0.3 is 0 Å². The summed E-state index contributed by atoms with van der Waals surface area (Å²) in [5.41, 5.74) is 1.28. The Morgan fingerprint density at radius 3 is 3.05 bits per heavy atom. The molecule has 3 heterocycles. The highest BCUT2D eigenvalue weighted by atomic mass is 16.5. The first-order valence-electron chi connectivity index (χ1n) is 6.74. The molecule has 6 heteroatoms. The summed E-state index contributed by atoms with van der Waals surface area (Å²) in [6, 6.07) is 0.314. The van der Waals surface area contributed by atoms with E-state index in [1.165, 1.54) is 12.0 Å². The van der Waals surface area contributed by atoms with Gasteiger partial charge in [0.25, 0.3) is 0 Å². The fourth-order valence-corrected chi connectivity index (χ4v) is 2.71. The second kappa shape index (κ2) is 5.13. The van der Waals surface area contributed by atoms with Crippen molar-refractivity contribution >= 4 is 0 Å². The number of hydrogen-bond acceptors (Lipinski definition) is 5. The lowest BCUT2D eigenvalue weighted by atomic mass is 10.2. The van der Waals surface area contributed by atoms with Gasteiger partial charge in [-0.25, -0.2) is 0 Å². The van der Waals surface area contributed by atoms with Gasteiger partial charge in [0, 0.05) is 26.7 Å². The van der Waals surface area contributed by atoms with Crippen molar-refractivity contribution in [2.45, 2.75) is 32.2 Å². The molecule has 1 aliphatic heterocycles. The Bertz CT molecular complexity index is 547. The topological polar surface area (TPSA) is 60.0 Å². The van der Waals surface area contributed by atoms with E-state index in [2.05, 4.69) is 26.3 Å². The van der Waals surface area contributed by atoms with Crippen LogP contribution in [0.25, 0.3) is 0 Å². The number of hydrogen-bond donors (Lipinski definition) is 0. The van der Waals surface area contributed by atoms with Crippen LogP contribution in [-0.2, 0) is 13.5 Å². The molecule has 2 aromatic heterocycles. The van der Waals surface area contributed by atoms with Crippen molar-refractivity contribution in [3.8, 4) is 0 Å². The van der Waals surface area contributed by atoms with E-state index in [1.807, 2.05) is 24.9 Å². The first kappa shape index (κ1) is 12.3. The monoisotopic (exact) mass is 261 g/mol. The Labute approximate surface area is 112 Å². The van der Waals surface area contributed by atoms with Gasteiger partial charge in [-0.1, -0.05) is 5.16 Å². The van der Waals surface area contributed by atoms with Gasteiger partial charge < -0.3 is 4.52 Å². The minimum atomic E-state index is 0.314. The number of aryl methyl sites for hydroxylation is 2. The van der Waals surface area contributed by atoms with E-state index in [0.717, 1.165) is 31.8 Å². The Hall–Kier alpha value is -1.69. The maximum atomic E-state index is 5.09. The summed E-state index contributed by atoms with van der Waals surface area (Å²) < 4.78 is 6.94. The molecule has 6 nitrogen and oxygen atoms in total. The zero-order valence-electron chi connectivity index (χ0n) is 11.4. The summed E-state index contributed by atoms with van der Waals surface area (Å²) >= 11 is 0. The molecule has 19 heavy (non-hydrogen) atoms. The fraction of sp³-hybridized carbons (Fsp3) is 0.615. The summed E-state index contributed by atoms with van der Waals surface area (Å²) in [5.74, 6) is 1.48. The predicted molar refractivity (Wildman–Crippen MR) is 69.5 cm³/mol. The summed E-state index contributed by atoms with van der Waals surface area (Å²) in [6.45, 7) is 3.97. The molecule has 102 valence electrons. The Morgan fingerprint density at radius 2 is 2.37 bits per heavy atom. The molecule has 0 aliphatic carbocycles. The van der Waals surface area contributed by atoms with Crippen LogP contribution < -0.4 is 0 Å². The van der Waals surface area contributed by atoms with Gasteiger partial charge in [-0.3, -0.25) is 9.58 Å². The molecule has 0 aromatic carbocycles.